The molecule has 0 radical (unpaired) electrons. The van der Waals surface area contributed by atoms with Gasteiger partial charge in [-0.05, 0) is 44.9 Å². The summed E-state index contributed by atoms with van der Waals surface area (Å²) in [6, 6.07) is 0. The molecule has 0 rings (SSSR count). The van der Waals surface area contributed by atoms with Crippen molar-refractivity contribution >= 4 is 5.97 Å². The average Bonchev–Trinajstić information content (AvgIpc) is 2.50. The topological polar surface area (TPSA) is 37.3 Å². The van der Waals surface area contributed by atoms with E-state index in [0.717, 1.165) is 44.9 Å². The standard InChI is InChI=1S/C20H30O2/c1-2-3-4-5-6-7-8-9-10-11-12-13-14-15-16-17-18-19-20(21)22/h3-4,6-7,9-10,12-13,15-16H,2,5,8,11,14,17-19H2,1H3,(H,21,22)/b4-3+,7-6?,10-9?,13-12?,16-15?. The summed E-state index contributed by atoms with van der Waals surface area (Å²) in [5.74, 6) is -0.715. The van der Waals surface area contributed by atoms with Crippen molar-refractivity contribution in [2.24, 2.45) is 0 Å². The second kappa shape index (κ2) is 17.2. The highest BCUT2D eigenvalue weighted by molar-refractivity contribution is 5.66. The van der Waals surface area contributed by atoms with Gasteiger partial charge in [0.2, 0.25) is 0 Å². The van der Waals surface area contributed by atoms with Gasteiger partial charge in [-0.25, -0.2) is 0 Å². The van der Waals surface area contributed by atoms with Crippen molar-refractivity contribution in [2.45, 2.75) is 58.3 Å². The Bertz CT molecular complexity index is 398. The monoisotopic (exact) mass is 302 g/mol. The van der Waals surface area contributed by atoms with Crippen LogP contribution in [0.1, 0.15) is 58.3 Å². The quantitative estimate of drug-likeness (QED) is 0.335. The largest absolute Gasteiger partial charge is 0.481 e. The van der Waals surface area contributed by atoms with E-state index in [2.05, 4.69) is 67.7 Å². The lowest BCUT2D eigenvalue weighted by Crippen LogP contribution is -1.92. The first-order valence-electron chi connectivity index (χ1n) is 8.24. The van der Waals surface area contributed by atoms with Crippen molar-refractivity contribution in [3.05, 3.63) is 60.8 Å². The second-order valence-corrected chi connectivity index (χ2v) is 4.99. The fourth-order valence-corrected chi connectivity index (χ4v) is 1.74. The van der Waals surface area contributed by atoms with Gasteiger partial charge in [0.15, 0.2) is 0 Å². The number of allylic oxidation sites excluding steroid dienone is 10. The van der Waals surface area contributed by atoms with Gasteiger partial charge in [-0.3, -0.25) is 4.79 Å². The SMILES string of the molecule is CC/C=C/CC=CCC=CCC=CCC=CCCCC(=O)O. The molecule has 0 amide bonds. The van der Waals surface area contributed by atoms with Crippen LogP contribution in [0, 0.1) is 0 Å². The van der Waals surface area contributed by atoms with Gasteiger partial charge in [-0.1, -0.05) is 67.7 Å². The number of hydrogen-bond acceptors (Lipinski definition) is 1. The second-order valence-electron chi connectivity index (χ2n) is 4.99. The molecule has 122 valence electrons. The smallest absolute Gasteiger partial charge is 0.303 e. The minimum absolute atomic E-state index is 0.258. The molecule has 0 unspecified atom stereocenters. The van der Waals surface area contributed by atoms with Gasteiger partial charge < -0.3 is 5.11 Å². The molecule has 1 N–H and O–H groups in total. The van der Waals surface area contributed by atoms with E-state index in [4.69, 9.17) is 5.11 Å². The summed E-state index contributed by atoms with van der Waals surface area (Å²) < 4.78 is 0. The van der Waals surface area contributed by atoms with Crippen LogP contribution in [0.4, 0.5) is 0 Å². The van der Waals surface area contributed by atoms with Crippen molar-refractivity contribution in [2.75, 3.05) is 0 Å². The predicted molar refractivity (Wildman–Crippen MR) is 95.9 cm³/mol. The Morgan fingerprint density at radius 2 is 1.14 bits per heavy atom. The van der Waals surface area contributed by atoms with Crippen molar-refractivity contribution < 1.29 is 9.90 Å². The van der Waals surface area contributed by atoms with Crippen molar-refractivity contribution in [3.63, 3.8) is 0 Å². The zero-order valence-corrected chi connectivity index (χ0v) is 13.8. The molecular weight excluding hydrogens is 272 g/mol. The molecule has 0 bridgehead atoms. The Hall–Kier alpha value is -1.83. The summed E-state index contributed by atoms with van der Waals surface area (Å²) in [7, 11) is 0. The molecule has 0 saturated carbocycles. The van der Waals surface area contributed by atoms with Gasteiger partial charge in [0.05, 0.1) is 0 Å². The fraction of sp³-hybridized carbons (Fsp3) is 0.450. The molecule has 22 heavy (non-hydrogen) atoms. The van der Waals surface area contributed by atoms with Crippen LogP contribution in [-0.2, 0) is 4.79 Å². The molecular formula is C20H30O2. The fourth-order valence-electron chi connectivity index (χ4n) is 1.74. The first kappa shape index (κ1) is 20.2. The third-order valence-electron chi connectivity index (χ3n) is 2.92. The zero-order valence-electron chi connectivity index (χ0n) is 13.8. The summed E-state index contributed by atoms with van der Waals surface area (Å²) in [5.41, 5.74) is 0. The first-order chi connectivity index (χ1) is 10.8. The summed E-state index contributed by atoms with van der Waals surface area (Å²) in [6.07, 6.45) is 28.4. The normalized spacial score (nSPS) is 12.8. The number of rotatable bonds is 13. The van der Waals surface area contributed by atoms with E-state index < -0.39 is 5.97 Å². The summed E-state index contributed by atoms with van der Waals surface area (Å²) in [6.45, 7) is 2.14. The number of carbonyl (C=O) groups is 1. The van der Waals surface area contributed by atoms with Gasteiger partial charge in [-0.15, -0.1) is 0 Å². The van der Waals surface area contributed by atoms with Crippen LogP contribution < -0.4 is 0 Å². The maximum absolute atomic E-state index is 10.3. The van der Waals surface area contributed by atoms with Crippen LogP contribution in [0.2, 0.25) is 0 Å². The molecule has 0 aromatic heterocycles. The molecule has 0 aromatic rings. The minimum Gasteiger partial charge on any atom is -0.481 e. The lowest BCUT2D eigenvalue weighted by atomic mass is 10.2. The highest BCUT2D eigenvalue weighted by atomic mass is 16.4. The van der Waals surface area contributed by atoms with Crippen LogP contribution in [-0.4, -0.2) is 11.1 Å². The number of aliphatic carboxylic acids is 1. The number of hydrogen-bond donors (Lipinski definition) is 1. The third-order valence-corrected chi connectivity index (χ3v) is 2.92. The molecule has 0 atom stereocenters. The van der Waals surface area contributed by atoms with Crippen molar-refractivity contribution in [1.82, 2.24) is 0 Å². The van der Waals surface area contributed by atoms with Gasteiger partial charge in [0.25, 0.3) is 0 Å². The summed E-state index contributed by atoms with van der Waals surface area (Å²) in [4.78, 5) is 10.3. The highest BCUT2D eigenvalue weighted by Gasteiger charge is 1.92. The highest BCUT2D eigenvalue weighted by Crippen LogP contribution is 1.99. The van der Waals surface area contributed by atoms with Gasteiger partial charge >= 0.3 is 5.97 Å². The molecule has 2 nitrogen and oxygen atoms in total. The molecule has 0 saturated heterocycles. The molecule has 0 spiro atoms. The number of unbranched alkanes of at least 4 members (excludes halogenated alkanes) is 1. The van der Waals surface area contributed by atoms with Gasteiger partial charge in [-0.2, -0.15) is 0 Å². The van der Waals surface area contributed by atoms with Crippen LogP contribution in [0.15, 0.2) is 60.8 Å². The average molecular weight is 302 g/mol. The van der Waals surface area contributed by atoms with Crippen molar-refractivity contribution in [3.8, 4) is 0 Å². The Morgan fingerprint density at radius 3 is 1.55 bits per heavy atom. The van der Waals surface area contributed by atoms with E-state index in [0.29, 0.717) is 0 Å². The molecule has 2 heteroatoms. The minimum atomic E-state index is -0.715. The first-order valence-corrected chi connectivity index (χ1v) is 8.24. The van der Waals surface area contributed by atoms with Crippen LogP contribution in [0.3, 0.4) is 0 Å². The van der Waals surface area contributed by atoms with E-state index in [-0.39, 0.29) is 6.42 Å². The molecule has 0 fully saturated rings. The Balaban J connectivity index is 3.46. The van der Waals surface area contributed by atoms with Crippen LogP contribution in [0.25, 0.3) is 0 Å². The third kappa shape index (κ3) is 18.2. The number of carboxylic acids is 1. The maximum Gasteiger partial charge on any atom is 0.303 e. The van der Waals surface area contributed by atoms with E-state index in [1.165, 1.54) is 0 Å². The van der Waals surface area contributed by atoms with E-state index in [9.17, 15) is 4.79 Å². The molecule has 0 aromatic carbocycles. The zero-order chi connectivity index (χ0) is 16.3. The van der Waals surface area contributed by atoms with E-state index in [1.54, 1.807) is 0 Å². The van der Waals surface area contributed by atoms with Crippen molar-refractivity contribution in [1.29, 1.82) is 0 Å². The maximum atomic E-state index is 10.3. The Labute approximate surface area is 135 Å². The molecule has 0 aliphatic carbocycles. The lowest BCUT2D eigenvalue weighted by Gasteiger charge is -1.89. The Kier molecular flexibility index (Phi) is 15.8. The predicted octanol–water partition coefficient (Wildman–Crippen LogP) is 5.99. The Morgan fingerprint density at radius 1 is 0.727 bits per heavy atom. The summed E-state index contributed by atoms with van der Waals surface area (Å²) >= 11 is 0. The lowest BCUT2D eigenvalue weighted by molar-refractivity contribution is -0.137. The van der Waals surface area contributed by atoms with Crippen LogP contribution >= 0.6 is 0 Å². The van der Waals surface area contributed by atoms with E-state index in [1.807, 2.05) is 0 Å². The molecule has 0 aliphatic heterocycles. The van der Waals surface area contributed by atoms with Gasteiger partial charge in [0, 0.05) is 6.42 Å². The molecule has 0 heterocycles. The molecule has 0 aliphatic rings. The van der Waals surface area contributed by atoms with Crippen LogP contribution in [0.5, 0.6) is 0 Å². The number of carboxylic acid groups (broad SMARTS) is 1. The summed E-state index contributed by atoms with van der Waals surface area (Å²) in [5, 5.41) is 8.49. The van der Waals surface area contributed by atoms with Gasteiger partial charge in [0.1, 0.15) is 0 Å². The van der Waals surface area contributed by atoms with E-state index >= 15 is 0 Å².